The molecule has 0 spiro atoms. The van der Waals surface area contributed by atoms with Crippen LogP contribution in [0.25, 0.3) is 0 Å². The topological polar surface area (TPSA) is 84.8 Å². The van der Waals surface area contributed by atoms with Gasteiger partial charge in [0.1, 0.15) is 0 Å². The van der Waals surface area contributed by atoms with Crippen LogP contribution in [0.15, 0.2) is 65.8 Å². The summed E-state index contributed by atoms with van der Waals surface area (Å²) < 4.78 is 4.61. The molecule has 0 heterocycles. The maximum Gasteiger partial charge on any atom is 0.354 e. The van der Waals surface area contributed by atoms with E-state index in [4.69, 9.17) is 0 Å². The van der Waals surface area contributed by atoms with E-state index in [0.717, 1.165) is 0 Å². The number of nitrogens with zero attached hydrogens (tertiary/aromatic N) is 1. The summed E-state index contributed by atoms with van der Waals surface area (Å²) in [6.45, 7) is 0. The van der Waals surface area contributed by atoms with E-state index in [1.807, 2.05) is 0 Å². The van der Waals surface area contributed by atoms with Crippen LogP contribution in [0.5, 0.6) is 0 Å². The maximum atomic E-state index is 12.2. The number of amides is 1. The van der Waals surface area contributed by atoms with Crippen molar-refractivity contribution >= 4 is 23.4 Å². The average Bonchev–Trinajstić information content (AvgIpc) is 2.65. The average molecular weight is 324 g/mol. The zero-order valence-electron chi connectivity index (χ0n) is 13.1. The summed E-state index contributed by atoms with van der Waals surface area (Å²) >= 11 is 0. The van der Waals surface area contributed by atoms with Crippen molar-refractivity contribution < 1.29 is 19.1 Å². The number of rotatable bonds is 6. The molecule has 0 atom stereocenters. The lowest BCUT2D eigenvalue weighted by molar-refractivity contribution is -0.132. The number of carbonyl (C=O) groups excluding carboxylic acids is 3. The van der Waals surface area contributed by atoms with Crippen molar-refractivity contribution in [3.63, 3.8) is 0 Å². The Balaban J connectivity index is 2.12. The summed E-state index contributed by atoms with van der Waals surface area (Å²) in [7, 11) is 1.18. The van der Waals surface area contributed by atoms with Crippen molar-refractivity contribution in [2.24, 2.45) is 5.10 Å². The first-order valence-corrected chi connectivity index (χ1v) is 7.20. The van der Waals surface area contributed by atoms with Gasteiger partial charge in [-0.25, -0.2) is 10.2 Å². The van der Waals surface area contributed by atoms with E-state index in [-0.39, 0.29) is 17.9 Å². The van der Waals surface area contributed by atoms with Gasteiger partial charge in [-0.1, -0.05) is 48.5 Å². The number of carbonyl (C=O) groups is 3. The van der Waals surface area contributed by atoms with Gasteiger partial charge < -0.3 is 4.74 Å². The second-order valence-corrected chi connectivity index (χ2v) is 4.82. The number of benzene rings is 2. The first-order valence-electron chi connectivity index (χ1n) is 7.20. The van der Waals surface area contributed by atoms with Gasteiger partial charge in [-0.15, -0.1) is 0 Å². The third kappa shape index (κ3) is 4.61. The summed E-state index contributed by atoms with van der Waals surface area (Å²) in [5.74, 6) is -1.55. The zero-order valence-corrected chi connectivity index (χ0v) is 13.1. The molecule has 6 heteroatoms. The van der Waals surface area contributed by atoms with E-state index in [0.29, 0.717) is 11.1 Å². The van der Waals surface area contributed by atoms with Crippen molar-refractivity contribution in [1.82, 2.24) is 5.43 Å². The molecule has 2 rings (SSSR count). The van der Waals surface area contributed by atoms with Crippen molar-refractivity contribution in [2.45, 2.75) is 6.42 Å². The molecular weight excluding hydrogens is 308 g/mol. The molecule has 0 saturated heterocycles. The van der Waals surface area contributed by atoms with Gasteiger partial charge in [0, 0.05) is 11.1 Å². The van der Waals surface area contributed by atoms with Crippen LogP contribution < -0.4 is 5.43 Å². The largest absolute Gasteiger partial charge is 0.464 e. The summed E-state index contributed by atoms with van der Waals surface area (Å²) in [5, 5.41) is 3.76. The lowest BCUT2D eigenvalue weighted by atomic mass is 10.1. The molecule has 1 N–H and O–H groups in total. The van der Waals surface area contributed by atoms with Crippen molar-refractivity contribution in [3.8, 4) is 0 Å². The molecule has 122 valence electrons. The molecule has 0 unspecified atom stereocenters. The van der Waals surface area contributed by atoms with Crippen molar-refractivity contribution in [3.05, 3.63) is 71.8 Å². The van der Waals surface area contributed by atoms with Crippen LogP contribution in [0.3, 0.4) is 0 Å². The minimum absolute atomic E-state index is 0.171. The Labute approximate surface area is 139 Å². The number of hydrogen-bond donors (Lipinski definition) is 1. The minimum atomic E-state index is -0.771. The number of methoxy groups -OCH3 is 1. The zero-order chi connectivity index (χ0) is 17.4. The Bertz CT molecular complexity index is 755. The van der Waals surface area contributed by atoms with E-state index in [1.165, 1.54) is 7.11 Å². The maximum absolute atomic E-state index is 12.2. The van der Waals surface area contributed by atoms with Crippen LogP contribution in [0, 0.1) is 0 Å². The molecule has 2 aromatic carbocycles. The van der Waals surface area contributed by atoms with E-state index in [1.54, 1.807) is 60.7 Å². The number of hydrogen-bond acceptors (Lipinski definition) is 5. The van der Waals surface area contributed by atoms with E-state index in [2.05, 4.69) is 15.3 Å². The number of nitrogens with one attached hydrogen (secondary N) is 1. The minimum Gasteiger partial charge on any atom is -0.464 e. The summed E-state index contributed by atoms with van der Waals surface area (Å²) in [4.78, 5) is 35.9. The fraction of sp³-hybridized carbons (Fsp3) is 0.111. The molecule has 0 saturated carbocycles. The number of ketones is 1. The van der Waals surface area contributed by atoms with Gasteiger partial charge in [0.05, 0.1) is 13.5 Å². The smallest absolute Gasteiger partial charge is 0.354 e. The molecule has 6 nitrogen and oxygen atoms in total. The van der Waals surface area contributed by atoms with Crippen LogP contribution in [0.1, 0.15) is 27.1 Å². The SMILES string of the molecule is COC(=O)/C(CC(=O)c1ccccc1)=N/NC(=O)c1ccccc1. The predicted molar refractivity (Wildman–Crippen MR) is 88.7 cm³/mol. The Kier molecular flexibility index (Phi) is 5.96. The molecular formula is C18H16N2O4. The van der Waals surface area contributed by atoms with Crippen LogP contribution >= 0.6 is 0 Å². The van der Waals surface area contributed by atoms with Crippen LogP contribution in [0.2, 0.25) is 0 Å². The number of ether oxygens (including phenoxy) is 1. The van der Waals surface area contributed by atoms with E-state index < -0.39 is 11.9 Å². The van der Waals surface area contributed by atoms with Crippen LogP contribution in [-0.4, -0.2) is 30.5 Å². The number of Topliss-reactive ketones (excluding diaryl/α,β-unsaturated/α-hetero) is 1. The Morgan fingerprint density at radius 1 is 0.917 bits per heavy atom. The lowest BCUT2D eigenvalue weighted by Gasteiger charge is -2.05. The Hall–Kier alpha value is -3.28. The molecule has 0 aliphatic heterocycles. The number of esters is 1. The molecule has 0 aliphatic rings. The quantitative estimate of drug-likeness (QED) is 0.382. The highest BCUT2D eigenvalue weighted by Crippen LogP contribution is 2.05. The van der Waals surface area contributed by atoms with Gasteiger partial charge in [-0.3, -0.25) is 9.59 Å². The second kappa shape index (κ2) is 8.38. The molecule has 0 aromatic heterocycles. The van der Waals surface area contributed by atoms with Crippen LogP contribution in [0.4, 0.5) is 0 Å². The van der Waals surface area contributed by atoms with E-state index in [9.17, 15) is 14.4 Å². The highest BCUT2D eigenvalue weighted by molar-refractivity contribution is 6.40. The monoisotopic (exact) mass is 324 g/mol. The van der Waals surface area contributed by atoms with Gasteiger partial charge in [-0.2, -0.15) is 5.10 Å². The first kappa shape index (κ1) is 17.1. The van der Waals surface area contributed by atoms with Gasteiger partial charge in [-0.05, 0) is 12.1 Å². The number of hydrazone groups is 1. The van der Waals surface area contributed by atoms with Crippen molar-refractivity contribution in [2.75, 3.05) is 7.11 Å². The molecule has 0 aliphatic carbocycles. The highest BCUT2D eigenvalue weighted by atomic mass is 16.5. The Morgan fingerprint density at radius 3 is 2.00 bits per heavy atom. The fourth-order valence-corrected chi connectivity index (χ4v) is 1.93. The standard InChI is InChI=1S/C18H16N2O4/c1-24-18(23)15(12-16(21)13-8-4-2-5-9-13)19-20-17(22)14-10-6-3-7-11-14/h2-11H,12H2,1H3,(H,20,22)/b19-15+. The van der Waals surface area contributed by atoms with Gasteiger partial charge in [0.15, 0.2) is 11.5 Å². The van der Waals surface area contributed by atoms with Crippen molar-refractivity contribution in [1.29, 1.82) is 0 Å². The highest BCUT2D eigenvalue weighted by Gasteiger charge is 2.18. The normalized spacial score (nSPS) is 10.8. The molecule has 0 fully saturated rings. The van der Waals surface area contributed by atoms with Gasteiger partial charge in [0.25, 0.3) is 5.91 Å². The predicted octanol–water partition coefficient (Wildman–Crippen LogP) is 2.22. The third-order valence-corrected chi connectivity index (χ3v) is 3.17. The summed E-state index contributed by atoms with van der Waals surface area (Å²) in [6.07, 6.45) is -0.272. The summed E-state index contributed by atoms with van der Waals surface area (Å²) in [6, 6.07) is 16.9. The second-order valence-electron chi connectivity index (χ2n) is 4.82. The lowest BCUT2D eigenvalue weighted by Crippen LogP contribution is -2.26. The fourth-order valence-electron chi connectivity index (χ4n) is 1.93. The third-order valence-electron chi connectivity index (χ3n) is 3.17. The van der Waals surface area contributed by atoms with E-state index >= 15 is 0 Å². The molecule has 2 aromatic rings. The molecule has 1 amide bonds. The van der Waals surface area contributed by atoms with Gasteiger partial charge >= 0.3 is 5.97 Å². The van der Waals surface area contributed by atoms with Crippen LogP contribution in [-0.2, 0) is 9.53 Å². The molecule has 0 bridgehead atoms. The molecule has 0 radical (unpaired) electrons. The first-order chi connectivity index (χ1) is 11.6. The summed E-state index contributed by atoms with van der Waals surface area (Å²) in [5.41, 5.74) is 2.93. The van der Waals surface area contributed by atoms with Gasteiger partial charge in [0.2, 0.25) is 0 Å². The molecule has 24 heavy (non-hydrogen) atoms. The Morgan fingerprint density at radius 2 is 1.46 bits per heavy atom.